The summed E-state index contributed by atoms with van der Waals surface area (Å²) in [5, 5.41) is 14.1. The van der Waals surface area contributed by atoms with Crippen LogP contribution in [0, 0.1) is 5.92 Å². The highest BCUT2D eigenvalue weighted by Gasteiger charge is 2.20. The van der Waals surface area contributed by atoms with Gasteiger partial charge in [-0.1, -0.05) is 13.8 Å². The van der Waals surface area contributed by atoms with Crippen LogP contribution in [-0.2, 0) is 11.3 Å². The third-order valence-electron chi connectivity index (χ3n) is 4.46. The number of hydrogen-bond donors (Lipinski definition) is 3. The number of aliphatic imine (C=N–C) groups is 1. The summed E-state index contributed by atoms with van der Waals surface area (Å²) < 4.78 is 0. The Labute approximate surface area is 161 Å². The molecule has 1 aliphatic heterocycles. The van der Waals surface area contributed by atoms with Crippen molar-refractivity contribution in [2.45, 2.75) is 46.2 Å². The van der Waals surface area contributed by atoms with Crippen LogP contribution in [0.25, 0.3) is 0 Å². The van der Waals surface area contributed by atoms with E-state index in [1.807, 2.05) is 13.8 Å². The fourth-order valence-corrected chi connectivity index (χ4v) is 3.60. The van der Waals surface area contributed by atoms with Gasteiger partial charge in [-0.05, 0) is 42.2 Å². The fraction of sp³-hybridized carbons (Fsp3) is 0.684. The van der Waals surface area contributed by atoms with E-state index in [0.717, 1.165) is 45.0 Å². The predicted molar refractivity (Wildman–Crippen MR) is 110 cm³/mol. The lowest BCUT2D eigenvalue weighted by atomic mass is 10.0. The number of piperidine rings is 1. The molecule has 1 aliphatic rings. The molecule has 0 spiro atoms. The zero-order valence-corrected chi connectivity index (χ0v) is 17.1. The van der Waals surface area contributed by atoms with Gasteiger partial charge in [-0.3, -0.25) is 14.7 Å². The second kappa shape index (κ2) is 11.2. The van der Waals surface area contributed by atoms with Crippen LogP contribution in [0.3, 0.4) is 0 Å². The van der Waals surface area contributed by atoms with Crippen molar-refractivity contribution < 1.29 is 4.79 Å². The first kappa shape index (κ1) is 20.7. The van der Waals surface area contributed by atoms with Gasteiger partial charge in [-0.2, -0.15) is 11.3 Å². The second-order valence-corrected chi connectivity index (χ2v) is 7.81. The van der Waals surface area contributed by atoms with E-state index in [2.05, 4.69) is 49.6 Å². The molecular formula is C19H33N5OS. The van der Waals surface area contributed by atoms with Gasteiger partial charge in [0.1, 0.15) is 0 Å². The van der Waals surface area contributed by atoms with E-state index in [1.165, 1.54) is 5.56 Å². The lowest BCUT2D eigenvalue weighted by molar-refractivity contribution is -0.123. The number of carbonyl (C=O) groups excluding carboxylic acids is 1. The molecule has 0 bridgehead atoms. The zero-order chi connectivity index (χ0) is 18.8. The molecule has 1 saturated heterocycles. The van der Waals surface area contributed by atoms with Crippen molar-refractivity contribution >= 4 is 23.2 Å². The maximum Gasteiger partial charge on any atom is 0.222 e. The summed E-state index contributed by atoms with van der Waals surface area (Å²) in [4.78, 5) is 18.7. The topological polar surface area (TPSA) is 68.8 Å². The highest BCUT2D eigenvalue weighted by Crippen LogP contribution is 2.15. The highest BCUT2D eigenvalue weighted by molar-refractivity contribution is 7.07. The Bertz CT molecular complexity index is 550. The highest BCUT2D eigenvalue weighted by atomic mass is 32.1. The molecule has 26 heavy (non-hydrogen) atoms. The second-order valence-electron chi connectivity index (χ2n) is 7.03. The van der Waals surface area contributed by atoms with Crippen LogP contribution in [0.2, 0.25) is 0 Å². The van der Waals surface area contributed by atoms with Gasteiger partial charge < -0.3 is 16.0 Å². The Balaban J connectivity index is 1.71. The number of thiophene rings is 1. The van der Waals surface area contributed by atoms with Crippen LogP contribution in [0.5, 0.6) is 0 Å². The van der Waals surface area contributed by atoms with Crippen molar-refractivity contribution in [2.75, 3.05) is 32.7 Å². The molecule has 0 aliphatic carbocycles. The van der Waals surface area contributed by atoms with E-state index in [1.54, 1.807) is 11.3 Å². The van der Waals surface area contributed by atoms with Crippen LogP contribution in [0.4, 0.5) is 0 Å². The lowest BCUT2D eigenvalue weighted by Crippen LogP contribution is -2.48. The first-order valence-electron chi connectivity index (χ1n) is 9.64. The number of amides is 1. The molecule has 2 heterocycles. The molecule has 1 aromatic heterocycles. The minimum Gasteiger partial charge on any atom is -0.357 e. The van der Waals surface area contributed by atoms with Crippen molar-refractivity contribution in [3.8, 4) is 0 Å². The number of guanidine groups is 1. The summed E-state index contributed by atoms with van der Waals surface area (Å²) in [5.41, 5.74) is 1.42. The summed E-state index contributed by atoms with van der Waals surface area (Å²) in [6, 6.07) is 2.67. The summed E-state index contributed by atoms with van der Waals surface area (Å²) in [6.45, 7) is 11.1. The van der Waals surface area contributed by atoms with Gasteiger partial charge in [0.05, 0.1) is 6.54 Å². The van der Waals surface area contributed by atoms with E-state index in [0.29, 0.717) is 19.1 Å². The minimum atomic E-state index is 0.0182. The first-order valence-corrected chi connectivity index (χ1v) is 10.6. The standard InChI is InChI=1S/C19H33N5OS/c1-4-20-19(22-9-8-21-18(25)15(2)3)23-17-5-10-24(11-6-17)13-16-7-12-26-14-16/h7,12,14-15,17H,4-6,8-11,13H2,1-3H3,(H,21,25)(H2,20,22,23). The third kappa shape index (κ3) is 7.33. The van der Waals surface area contributed by atoms with Gasteiger partial charge in [0.2, 0.25) is 5.91 Å². The smallest absolute Gasteiger partial charge is 0.222 e. The number of carbonyl (C=O) groups is 1. The van der Waals surface area contributed by atoms with E-state index in [4.69, 9.17) is 0 Å². The van der Waals surface area contributed by atoms with Crippen molar-refractivity contribution in [3.63, 3.8) is 0 Å². The average molecular weight is 380 g/mol. The normalized spacial score (nSPS) is 16.7. The molecule has 0 saturated carbocycles. The molecule has 7 heteroatoms. The van der Waals surface area contributed by atoms with E-state index < -0.39 is 0 Å². The number of nitrogens with zero attached hydrogens (tertiary/aromatic N) is 2. The Morgan fingerprint density at radius 2 is 2.12 bits per heavy atom. The molecule has 0 unspecified atom stereocenters. The number of hydrogen-bond acceptors (Lipinski definition) is 4. The maximum absolute atomic E-state index is 11.6. The molecular weight excluding hydrogens is 346 g/mol. The number of rotatable bonds is 8. The first-order chi connectivity index (χ1) is 12.6. The molecule has 1 amide bonds. The molecule has 1 aromatic rings. The maximum atomic E-state index is 11.6. The monoisotopic (exact) mass is 379 g/mol. The molecule has 1 fully saturated rings. The number of likely N-dealkylation sites (tertiary alicyclic amines) is 1. The average Bonchev–Trinajstić information content (AvgIpc) is 3.13. The van der Waals surface area contributed by atoms with Crippen molar-refractivity contribution in [2.24, 2.45) is 10.9 Å². The van der Waals surface area contributed by atoms with Gasteiger partial charge in [0.25, 0.3) is 0 Å². The van der Waals surface area contributed by atoms with Crippen LogP contribution >= 0.6 is 11.3 Å². The lowest BCUT2D eigenvalue weighted by Gasteiger charge is -2.33. The zero-order valence-electron chi connectivity index (χ0n) is 16.3. The SMILES string of the molecule is CCNC(=NCCNC(=O)C(C)C)NC1CCN(Cc2ccsc2)CC1. The van der Waals surface area contributed by atoms with Gasteiger partial charge in [0, 0.05) is 44.7 Å². The Kier molecular flexibility index (Phi) is 8.91. The summed E-state index contributed by atoms with van der Waals surface area (Å²) >= 11 is 1.77. The van der Waals surface area contributed by atoms with Crippen LogP contribution in [0.1, 0.15) is 39.2 Å². The van der Waals surface area contributed by atoms with Crippen molar-refractivity contribution in [1.29, 1.82) is 0 Å². The van der Waals surface area contributed by atoms with Crippen LogP contribution in [0.15, 0.2) is 21.8 Å². The molecule has 0 aromatic carbocycles. The fourth-order valence-electron chi connectivity index (χ4n) is 2.94. The van der Waals surface area contributed by atoms with E-state index >= 15 is 0 Å². The van der Waals surface area contributed by atoms with E-state index in [9.17, 15) is 4.79 Å². The summed E-state index contributed by atoms with van der Waals surface area (Å²) in [7, 11) is 0. The van der Waals surface area contributed by atoms with E-state index in [-0.39, 0.29) is 11.8 Å². The van der Waals surface area contributed by atoms with Gasteiger partial charge >= 0.3 is 0 Å². The molecule has 0 atom stereocenters. The quantitative estimate of drug-likeness (QED) is 0.367. The molecule has 3 N–H and O–H groups in total. The number of nitrogens with one attached hydrogen (secondary N) is 3. The van der Waals surface area contributed by atoms with Crippen molar-refractivity contribution in [1.82, 2.24) is 20.9 Å². The molecule has 2 rings (SSSR count). The molecule has 146 valence electrons. The Morgan fingerprint density at radius 3 is 2.73 bits per heavy atom. The van der Waals surface area contributed by atoms with Crippen molar-refractivity contribution in [3.05, 3.63) is 22.4 Å². The van der Waals surface area contributed by atoms with Crippen LogP contribution < -0.4 is 16.0 Å². The third-order valence-corrected chi connectivity index (χ3v) is 5.20. The van der Waals surface area contributed by atoms with Crippen LogP contribution in [-0.4, -0.2) is 55.5 Å². The Morgan fingerprint density at radius 1 is 1.35 bits per heavy atom. The summed E-state index contributed by atoms with van der Waals surface area (Å²) in [5.74, 6) is 0.948. The minimum absolute atomic E-state index is 0.0182. The predicted octanol–water partition coefficient (Wildman–Crippen LogP) is 2.04. The molecule has 6 nitrogen and oxygen atoms in total. The van der Waals surface area contributed by atoms with Gasteiger partial charge in [0.15, 0.2) is 5.96 Å². The summed E-state index contributed by atoms with van der Waals surface area (Å²) in [6.07, 6.45) is 2.25. The molecule has 0 radical (unpaired) electrons. The Hall–Kier alpha value is -1.60. The largest absolute Gasteiger partial charge is 0.357 e. The van der Waals surface area contributed by atoms with Gasteiger partial charge in [-0.15, -0.1) is 0 Å². The van der Waals surface area contributed by atoms with Gasteiger partial charge in [-0.25, -0.2) is 0 Å².